The third-order valence-electron chi connectivity index (χ3n) is 7.01. The number of nitrogens with zero attached hydrogens (tertiary/aromatic N) is 1. The first-order chi connectivity index (χ1) is 11.9. The van der Waals surface area contributed by atoms with Crippen molar-refractivity contribution in [2.75, 3.05) is 13.1 Å². The van der Waals surface area contributed by atoms with Crippen molar-refractivity contribution in [3.63, 3.8) is 0 Å². The minimum absolute atomic E-state index is 0.0568. The minimum Gasteiger partial charge on any atom is -0.452 e. The van der Waals surface area contributed by atoms with Crippen LogP contribution in [0.15, 0.2) is 0 Å². The van der Waals surface area contributed by atoms with E-state index in [2.05, 4.69) is 0 Å². The van der Waals surface area contributed by atoms with Gasteiger partial charge in [-0.3, -0.25) is 9.59 Å². The highest BCUT2D eigenvalue weighted by Gasteiger charge is 2.61. The second-order valence-electron chi connectivity index (χ2n) is 9.25. The lowest BCUT2D eigenvalue weighted by atomic mass is 9.48. The molecule has 5 aliphatic rings. The molecule has 5 heteroatoms. The Balaban J connectivity index is 1.42. The lowest BCUT2D eigenvalue weighted by Crippen LogP contribution is -2.59. The second-order valence-corrected chi connectivity index (χ2v) is 9.25. The monoisotopic (exact) mass is 349 g/mol. The molecule has 5 nitrogen and oxygen atoms in total. The van der Waals surface area contributed by atoms with E-state index in [1.165, 1.54) is 12.8 Å². The fourth-order valence-electron chi connectivity index (χ4n) is 6.34. The van der Waals surface area contributed by atoms with Crippen molar-refractivity contribution >= 4 is 11.9 Å². The molecule has 1 aliphatic heterocycles. The van der Waals surface area contributed by atoms with Gasteiger partial charge < -0.3 is 14.7 Å². The Kier molecular flexibility index (Phi) is 4.33. The van der Waals surface area contributed by atoms with Crippen LogP contribution < -0.4 is 0 Å². The number of likely N-dealkylation sites (tertiary alicyclic amines) is 1. The van der Waals surface area contributed by atoms with Crippen LogP contribution in [0.2, 0.25) is 0 Å². The van der Waals surface area contributed by atoms with E-state index in [9.17, 15) is 14.7 Å². The van der Waals surface area contributed by atoms with Gasteiger partial charge in [0.15, 0.2) is 6.10 Å². The van der Waals surface area contributed by atoms with Crippen molar-refractivity contribution in [2.45, 2.75) is 82.8 Å². The zero-order valence-corrected chi connectivity index (χ0v) is 15.3. The highest BCUT2D eigenvalue weighted by Crippen LogP contribution is 2.62. The van der Waals surface area contributed by atoms with Crippen molar-refractivity contribution in [3.8, 4) is 0 Å². The summed E-state index contributed by atoms with van der Waals surface area (Å²) in [4.78, 5) is 27.5. The van der Waals surface area contributed by atoms with Crippen molar-refractivity contribution in [2.24, 2.45) is 17.3 Å². The quantitative estimate of drug-likeness (QED) is 0.796. The molecule has 4 aliphatic carbocycles. The molecule has 0 spiro atoms. The molecule has 1 saturated heterocycles. The topological polar surface area (TPSA) is 66.8 Å². The summed E-state index contributed by atoms with van der Waals surface area (Å²) in [6.07, 6.45) is 8.68. The van der Waals surface area contributed by atoms with Gasteiger partial charge in [-0.05, 0) is 70.1 Å². The van der Waals surface area contributed by atoms with Gasteiger partial charge in [0, 0.05) is 13.1 Å². The molecular formula is C20H31NO4. The number of carbonyl (C=O) groups excluding carboxylic acids is 2. The molecule has 0 aromatic rings. The minimum atomic E-state index is -0.715. The number of carbonyl (C=O) groups is 2. The average molecular weight is 349 g/mol. The summed E-state index contributed by atoms with van der Waals surface area (Å²) in [5.74, 6) is 0.584. The molecule has 25 heavy (non-hydrogen) atoms. The Bertz CT molecular complexity index is 538. The summed E-state index contributed by atoms with van der Waals surface area (Å²) in [7, 11) is 0. The first-order valence-electron chi connectivity index (χ1n) is 10.1. The van der Waals surface area contributed by atoms with Gasteiger partial charge in [0.25, 0.3) is 5.91 Å². The van der Waals surface area contributed by atoms with E-state index in [1.807, 2.05) is 4.90 Å². The van der Waals surface area contributed by atoms with E-state index < -0.39 is 17.1 Å². The van der Waals surface area contributed by atoms with E-state index >= 15 is 0 Å². The van der Waals surface area contributed by atoms with E-state index in [0.29, 0.717) is 18.3 Å². The lowest BCUT2D eigenvalue weighted by molar-refractivity contribution is -0.200. The fourth-order valence-corrected chi connectivity index (χ4v) is 6.34. The standard InChI is InChI=1S/C20H31NO4/c1-14(17(22)21-6-4-2-3-5-7-21)25-18(23)19-9-15-8-16(10-19)12-20(24,11-15)13-19/h14-16,24H,2-13H2,1H3/t14-,15-,16+,19?,20?/m1/s1. The largest absolute Gasteiger partial charge is 0.452 e. The number of aliphatic hydroxyl groups is 1. The van der Waals surface area contributed by atoms with Crippen molar-refractivity contribution in [3.05, 3.63) is 0 Å². The van der Waals surface area contributed by atoms with Crippen molar-refractivity contribution in [1.82, 2.24) is 4.90 Å². The van der Waals surface area contributed by atoms with Crippen LogP contribution in [0.1, 0.15) is 71.1 Å². The number of hydrogen-bond acceptors (Lipinski definition) is 4. The van der Waals surface area contributed by atoms with Crippen LogP contribution in [0.5, 0.6) is 0 Å². The third-order valence-corrected chi connectivity index (χ3v) is 7.01. The van der Waals surface area contributed by atoms with Gasteiger partial charge in [-0.25, -0.2) is 0 Å². The maximum Gasteiger partial charge on any atom is 0.312 e. The number of hydrogen-bond donors (Lipinski definition) is 1. The summed E-state index contributed by atoms with van der Waals surface area (Å²) in [5, 5.41) is 10.8. The molecule has 4 bridgehead atoms. The molecule has 1 amide bonds. The van der Waals surface area contributed by atoms with E-state index in [-0.39, 0.29) is 11.9 Å². The molecule has 5 atom stereocenters. The number of esters is 1. The van der Waals surface area contributed by atoms with Crippen LogP contribution in [0, 0.1) is 17.3 Å². The van der Waals surface area contributed by atoms with Gasteiger partial charge in [0.2, 0.25) is 0 Å². The Morgan fingerprint density at radius 3 is 2.20 bits per heavy atom. The SMILES string of the molecule is C[C@@H](OC(=O)C12C[C@@H]3C[C@@H](CC(O)(C3)C1)C2)C(=O)N1CCCCCC1. The first-order valence-corrected chi connectivity index (χ1v) is 10.1. The van der Waals surface area contributed by atoms with Crippen LogP contribution in [0.4, 0.5) is 0 Å². The summed E-state index contributed by atoms with van der Waals surface area (Å²) in [6.45, 7) is 3.26. The van der Waals surface area contributed by atoms with Crippen molar-refractivity contribution < 1.29 is 19.4 Å². The highest BCUT2D eigenvalue weighted by molar-refractivity contribution is 5.85. The molecular weight excluding hydrogens is 318 g/mol. The molecule has 0 aromatic carbocycles. The Morgan fingerprint density at radius 2 is 1.64 bits per heavy atom. The fraction of sp³-hybridized carbons (Fsp3) is 0.900. The van der Waals surface area contributed by atoms with Crippen LogP contribution in [-0.4, -0.2) is 46.7 Å². The Hall–Kier alpha value is -1.10. The normalized spacial score (nSPS) is 41.3. The maximum atomic E-state index is 13.0. The molecule has 140 valence electrons. The summed E-state index contributed by atoms with van der Waals surface area (Å²) < 4.78 is 5.69. The van der Waals surface area contributed by atoms with Gasteiger partial charge in [0.1, 0.15) is 0 Å². The Labute approximate surface area is 150 Å². The number of amides is 1. The van der Waals surface area contributed by atoms with Crippen LogP contribution in [0.3, 0.4) is 0 Å². The van der Waals surface area contributed by atoms with Gasteiger partial charge in [-0.15, -0.1) is 0 Å². The molecule has 1 heterocycles. The van der Waals surface area contributed by atoms with E-state index in [1.54, 1.807) is 6.92 Å². The predicted octanol–water partition coefficient (Wildman–Crippen LogP) is 2.65. The van der Waals surface area contributed by atoms with E-state index in [4.69, 9.17) is 4.74 Å². The molecule has 0 radical (unpaired) electrons. The van der Waals surface area contributed by atoms with Gasteiger partial charge >= 0.3 is 5.97 Å². The van der Waals surface area contributed by atoms with Crippen LogP contribution >= 0.6 is 0 Å². The zero-order valence-electron chi connectivity index (χ0n) is 15.3. The van der Waals surface area contributed by atoms with Gasteiger partial charge in [0.05, 0.1) is 11.0 Å². The predicted molar refractivity (Wildman–Crippen MR) is 92.7 cm³/mol. The average Bonchev–Trinajstić information content (AvgIpc) is 2.80. The second kappa shape index (κ2) is 6.26. The zero-order chi connectivity index (χ0) is 17.7. The molecule has 5 fully saturated rings. The molecule has 1 N–H and O–H groups in total. The summed E-state index contributed by atoms with van der Waals surface area (Å²) in [5.41, 5.74) is -1.23. The summed E-state index contributed by atoms with van der Waals surface area (Å²) in [6, 6.07) is 0. The molecule has 0 aromatic heterocycles. The smallest absolute Gasteiger partial charge is 0.312 e. The highest BCUT2D eigenvalue weighted by atomic mass is 16.5. The van der Waals surface area contributed by atoms with Gasteiger partial charge in [-0.2, -0.15) is 0 Å². The van der Waals surface area contributed by atoms with Crippen LogP contribution in [-0.2, 0) is 14.3 Å². The maximum absolute atomic E-state index is 13.0. The lowest BCUT2D eigenvalue weighted by Gasteiger charge is -2.58. The molecule has 4 saturated carbocycles. The first kappa shape index (κ1) is 17.3. The van der Waals surface area contributed by atoms with Crippen LogP contribution in [0.25, 0.3) is 0 Å². The molecule has 2 unspecified atom stereocenters. The van der Waals surface area contributed by atoms with E-state index in [0.717, 1.165) is 58.0 Å². The molecule has 5 rings (SSSR count). The summed E-state index contributed by atoms with van der Waals surface area (Å²) >= 11 is 0. The van der Waals surface area contributed by atoms with Crippen molar-refractivity contribution in [1.29, 1.82) is 0 Å². The van der Waals surface area contributed by atoms with Gasteiger partial charge in [-0.1, -0.05) is 12.8 Å². The third kappa shape index (κ3) is 3.20. The number of rotatable bonds is 3. The number of ether oxygens (including phenoxy) is 1. The Morgan fingerprint density at radius 1 is 1.04 bits per heavy atom.